The number of hydrogen-bond donors (Lipinski definition) is 0. The second-order valence-corrected chi connectivity index (χ2v) is 5.90. The standard InChI is InChI=1S/C15H22FNOS/c1-5-17(12(4)11(2)3)15(18)10-19-14-9-7-6-8-13(14)16/h6-9,11-12H,5,10H2,1-4H3. The molecule has 0 aliphatic rings. The minimum atomic E-state index is -0.264. The fourth-order valence-electron chi connectivity index (χ4n) is 1.84. The molecule has 1 aromatic rings. The van der Waals surface area contributed by atoms with E-state index < -0.39 is 0 Å². The summed E-state index contributed by atoms with van der Waals surface area (Å²) in [6.45, 7) is 8.93. The van der Waals surface area contributed by atoms with Gasteiger partial charge in [-0.1, -0.05) is 26.0 Å². The van der Waals surface area contributed by atoms with E-state index in [9.17, 15) is 9.18 Å². The van der Waals surface area contributed by atoms with Crippen LogP contribution in [0.25, 0.3) is 0 Å². The van der Waals surface area contributed by atoms with Crippen LogP contribution in [0.15, 0.2) is 29.2 Å². The van der Waals surface area contributed by atoms with Crippen molar-refractivity contribution < 1.29 is 9.18 Å². The lowest BCUT2D eigenvalue weighted by molar-refractivity contribution is -0.130. The van der Waals surface area contributed by atoms with Crippen molar-refractivity contribution in [1.82, 2.24) is 4.90 Å². The highest BCUT2D eigenvalue weighted by Crippen LogP contribution is 2.22. The zero-order chi connectivity index (χ0) is 14.4. The molecule has 0 N–H and O–H groups in total. The summed E-state index contributed by atoms with van der Waals surface area (Å²) in [5.41, 5.74) is 0. The average molecular weight is 283 g/mol. The molecular formula is C15H22FNOS. The molecule has 0 saturated heterocycles. The van der Waals surface area contributed by atoms with Crippen LogP contribution < -0.4 is 0 Å². The van der Waals surface area contributed by atoms with Crippen LogP contribution in [0.3, 0.4) is 0 Å². The van der Waals surface area contributed by atoms with Crippen molar-refractivity contribution in [2.45, 2.75) is 38.6 Å². The third-order valence-electron chi connectivity index (χ3n) is 3.31. The van der Waals surface area contributed by atoms with Gasteiger partial charge < -0.3 is 4.90 Å². The van der Waals surface area contributed by atoms with Gasteiger partial charge in [0.05, 0.1) is 5.75 Å². The topological polar surface area (TPSA) is 20.3 Å². The zero-order valence-corrected chi connectivity index (χ0v) is 12.8. The predicted molar refractivity (Wildman–Crippen MR) is 78.8 cm³/mol. The van der Waals surface area contributed by atoms with Crippen LogP contribution in [0.2, 0.25) is 0 Å². The first kappa shape index (κ1) is 16.0. The van der Waals surface area contributed by atoms with Crippen LogP contribution in [0.5, 0.6) is 0 Å². The number of rotatable bonds is 6. The number of nitrogens with zero attached hydrogens (tertiary/aromatic N) is 1. The lowest BCUT2D eigenvalue weighted by Gasteiger charge is -2.30. The fourth-order valence-corrected chi connectivity index (χ4v) is 2.66. The van der Waals surface area contributed by atoms with Gasteiger partial charge in [-0.25, -0.2) is 4.39 Å². The van der Waals surface area contributed by atoms with Gasteiger partial charge in [-0.2, -0.15) is 0 Å². The van der Waals surface area contributed by atoms with Crippen LogP contribution in [-0.2, 0) is 4.79 Å². The predicted octanol–water partition coefficient (Wildman–Crippen LogP) is 3.81. The van der Waals surface area contributed by atoms with Crippen molar-refractivity contribution in [3.05, 3.63) is 30.1 Å². The van der Waals surface area contributed by atoms with Crippen molar-refractivity contribution in [3.8, 4) is 0 Å². The van der Waals surface area contributed by atoms with Crippen molar-refractivity contribution in [2.24, 2.45) is 5.92 Å². The van der Waals surface area contributed by atoms with Gasteiger partial charge in [0.15, 0.2) is 0 Å². The van der Waals surface area contributed by atoms with Crippen molar-refractivity contribution in [1.29, 1.82) is 0 Å². The Kier molecular flexibility index (Phi) is 6.35. The van der Waals surface area contributed by atoms with E-state index in [4.69, 9.17) is 0 Å². The smallest absolute Gasteiger partial charge is 0.233 e. The summed E-state index contributed by atoms with van der Waals surface area (Å²) in [6.07, 6.45) is 0. The van der Waals surface area contributed by atoms with Crippen LogP contribution in [0, 0.1) is 11.7 Å². The number of carbonyl (C=O) groups excluding carboxylic acids is 1. The van der Waals surface area contributed by atoms with Gasteiger partial charge >= 0.3 is 0 Å². The Morgan fingerprint density at radius 3 is 2.47 bits per heavy atom. The average Bonchev–Trinajstić information content (AvgIpc) is 2.38. The van der Waals surface area contributed by atoms with E-state index in [1.807, 2.05) is 11.8 Å². The van der Waals surface area contributed by atoms with Gasteiger partial charge in [0.2, 0.25) is 5.91 Å². The summed E-state index contributed by atoms with van der Waals surface area (Å²) in [5, 5.41) is 0. The highest BCUT2D eigenvalue weighted by Gasteiger charge is 2.21. The van der Waals surface area contributed by atoms with Gasteiger partial charge in [-0.3, -0.25) is 4.79 Å². The summed E-state index contributed by atoms with van der Waals surface area (Å²) in [7, 11) is 0. The highest BCUT2D eigenvalue weighted by atomic mass is 32.2. The molecule has 1 atom stereocenters. The lowest BCUT2D eigenvalue weighted by atomic mass is 10.0. The van der Waals surface area contributed by atoms with Gasteiger partial charge in [-0.15, -0.1) is 11.8 Å². The first-order valence-corrected chi connectivity index (χ1v) is 7.62. The van der Waals surface area contributed by atoms with E-state index in [0.29, 0.717) is 17.4 Å². The summed E-state index contributed by atoms with van der Waals surface area (Å²) < 4.78 is 13.5. The summed E-state index contributed by atoms with van der Waals surface area (Å²) in [4.78, 5) is 14.6. The quantitative estimate of drug-likeness (QED) is 0.740. The maximum absolute atomic E-state index is 13.5. The van der Waals surface area contributed by atoms with E-state index in [0.717, 1.165) is 0 Å². The summed E-state index contributed by atoms with van der Waals surface area (Å²) in [5.74, 6) is 0.505. The molecule has 0 aliphatic carbocycles. The minimum Gasteiger partial charge on any atom is -0.339 e. The van der Waals surface area contributed by atoms with Gasteiger partial charge in [0.1, 0.15) is 5.82 Å². The molecule has 0 aliphatic heterocycles. The molecule has 0 heterocycles. The van der Waals surface area contributed by atoms with Crippen molar-refractivity contribution >= 4 is 17.7 Å². The number of halogens is 1. The SMILES string of the molecule is CCN(C(=O)CSc1ccccc1F)C(C)C(C)C. The van der Waals surface area contributed by atoms with E-state index >= 15 is 0 Å². The molecule has 0 radical (unpaired) electrons. The third-order valence-corrected chi connectivity index (χ3v) is 4.34. The summed E-state index contributed by atoms with van der Waals surface area (Å²) >= 11 is 1.26. The molecule has 0 spiro atoms. The molecule has 4 heteroatoms. The van der Waals surface area contributed by atoms with Crippen LogP contribution >= 0.6 is 11.8 Å². The molecule has 0 aromatic heterocycles. The number of hydrogen-bond acceptors (Lipinski definition) is 2. The zero-order valence-electron chi connectivity index (χ0n) is 12.0. The molecule has 1 aromatic carbocycles. The largest absolute Gasteiger partial charge is 0.339 e. The fraction of sp³-hybridized carbons (Fsp3) is 0.533. The molecule has 1 unspecified atom stereocenters. The minimum absolute atomic E-state index is 0.0666. The number of benzene rings is 1. The Morgan fingerprint density at radius 2 is 1.95 bits per heavy atom. The molecule has 0 saturated carbocycles. The molecule has 1 amide bonds. The first-order valence-electron chi connectivity index (χ1n) is 6.64. The van der Waals surface area contributed by atoms with Gasteiger partial charge in [-0.05, 0) is 31.9 Å². The van der Waals surface area contributed by atoms with Crippen molar-refractivity contribution in [3.63, 3.8) is 0 Å². The molecule has 2 nitrogen and oxygen atoms in total. The lowest BCUT2D eigenvalue weighted by Crippen LogP contribution is -2.42. The second-order valence-electron chi connectivity index (χ2n) is 4.88. The maximum Gasteiger partial charge on any atom is 0.233 e. The molecular weight excluding hydrogens is 261 g/mol. The third kappa shape index (κ3) is 4.53. The summed E-state index contributed by atoms with van der Waals surface area (Å²) in [6, 6.07) is 6.76. The maximum atomic E-state index is 13.5. The number of amides is 1. The second kappa shape index (κ2) is 7.53. The number of carbonyl (C=O) groups is 1. The molecule has 0 bridgehead atoms. The Balaban J connectivity index is 2.61. The Hall–Kier alpha value is -1.03. The van der Waals surface area contributed by atoms with E-state index in [1.54, 1.807) is 18.2 Å². The van der Waals surface area contributed by atoms with Crippen LogP contribution in [0.4, 0.5) is 4.39 Å². The van der Waals surface area contributed by atoms with E-state index in [-0.39, 0.29) is 23.5 Å². The van der Waals surface area contributed by atoms with E-state index in [1.165, 1.54) is 17.8 Å². The Morgan fingerprint density at radius 1 is 1.32 bits per heavy atom. The molecule has 106 valence electrons. The molecule has 1 rings (SSSR count). The molecule has 0 fully saturated rings. The van der Waals surface area contributed by atoms with Crippen molar-refractivity contribution in [2.75, 3.05) is 12.3 Å². The normalized spacial score (nSPS) is 12.5. The van der Waals surface area contributed by atoms with Crippen LogP contribution in [0.1, 0.15) is 27.7 Å². The van der Waals surface area contributed by atoms with Crippen LogP contribution in [-0.4, -0.2) is 29.1 Å². The Labute approximate surface area is 119 Å². The first-order chi connectivity index (χ1) is 8.97. The highest BCUT2D eigenvalue weighted by molar-refractivity contribution is 8.00. The Bertz CT molecular complexity index is 422. The van der Waals surface area contributed by atoms with Gasteiger partial charge in [0.25, 0.3) is 0 Å². The van der Waals surface area contributed by atoms with E-state index in [2.05, 4.69) is 20.8 Å². The monoisotopic (exact) mass is 283 g/mol. The van der Waals surface area contributed by atoms with Gasteiger partial charge in [0, 0.05) is 17.5 Å². The number of thioether (sulfide) groups is 1. The molecule has 19 heavy (non-hydrogen) atoms.